The molecule has 3 saturated heterocycles. The van der Waals surface area contributed by atoms with E-state index in [1.54, 1.807) is 0 Å². The van der Waals surface area contributed by atoms with E-state index in [4.69, 9.17) is 28.4 Å². The first-order valence-electron chi connectivity index (χ1n) is 36.8. The lowest BCUT2D eigenvalue weighted by molar-refractivity contribution is -0.365. The average molecular weight is 1430 g/mol. The van der Waals surface area contributed by atoms with E-state index in [1.807, 2.05) is 0 Å². The molecule has 0 aromatic carbocycles. The largest absolute Gasteiger partial charge is 0.477 e. The summed E-state index contributed by atoms with van der Waals surface area (Å²) in [6.07, 6.45) is -3.36. The molecule has 3 amide bonds. The molecule has 0 aliphatic carbocycles. The Kier molecular flexibility index (Phi) is 44.0. The summed E-state index contributed by atoms with van der Waals surface area (Å²) in [6.45, 7) is 1.92. The van der Waals surface area contributed by atoms with E-state index < -0.39 is 203 Å². The Morgan fingerprint density at radius 3 is 1.45 bits per heavy atom. The molecular formula is C69H127N3O27. The van der Waals surface area contributed by atoms with Crippen LogP contribution in [0.5, 0.6) is 0 Å². The Balaban J connectivity index is 1.81. The van der Waals surface area contributed by atoms with E-state index in [-0.39, 0.29) is 12.8 Å². The summed E-state index contributed by atoms with van der Waals surface area (Å²) in [4.78, 5) is 66.0. The maximum atomic E-state index is 13.7. The van der Waals surface area contributed by atoms with Gasteiger partial charge in [-0.2, -0.15) is 0 Å². The van der Waals surface area contributed by atoms with Crippen LogP contribution in [0.15, 0.2) is 0 Å². The number of amides is 3. The molecule has 0 bridgehead atoms. The van der Waals surface area contributed by atoms with Gasteiger partial charge in [0.05, 0.1) is 62.9 Å². The molecular weight excluding hydrogens is 1300 g/mol. The van der Waals surface area contributed by atoms with E-state index in [9.17, 15) is 106 Å². The molecule has 99 heavy (non-hydrogen) atoms. The molecule has 0 spiro atoms. The van der Waals surface area contributed by atoms with Crippen molar-refractivity contribution in [2.24, 2.45) is 5.92 Å². The van der Waals surface area contributed by atoms with Crippen LogP contribution in [-0.4, -0.2) is 272 Å². The van der Waals surface area contributed by atoms with Crippen molar-refractivity contribution < 1.29 is 134 Å². The third-order valence-corrected chi connectivity index (χ3v) is 19.5. The lowest BCUT2D eigenvalue weighted by Crippen LogP contribution is -2.72. The monoisotopic (exact) mass is 1430 g/mol. The van der Waals surface area contributed by atoms with Gasteiger partial charge in [0.2, 0.25) is 17.7 Å². The first kappa shape index (κ1) is 89.8. The normalized spacial score (nSPS) is 28.6. The standard InChI is InChI=1S/C69H127N3O27/c1-5-7-8-9-10-11-12-13-14-15-16-17-18-19-20-21-22-25-29-32-35-47(78)64(89)71-45(56(83)46(77)34-31-28-26-23-24-27-30-33-43(3)6-2)41-94-65-61(88)60(87)59(86)52(96-65)42-95-68(66(90)91)37-51(55(70-44(4)76)63(98-68)58(85)50(81)39-74)97-69(67(92)93)36-48(79)54(72-53(82)40-75)62(99-69)57(84)49(80)38-73/h43,45-52,54-63,65,73-75,77-81,83-88H,5-42H2,1-4H3,(H,70,76)(H,71,89)(H,72,82)(H,90,91)(H,92,93)/t43?,45-,46+,47+,48-,49+,50+,51-,52+,54+,55+,56-,57+,58+,59+,60-,61+,62+,63+,65+,68+,69+/m0/s1. The summed E-state index contributed by atoms with van der Waals surface area (Å²) < 4.78 is 35.1. The molecule has 30 nitrogen and oxygen atoms in total. The zero-order valence-corrected chi connectivity index (χ0v) is 59.1. The molecule has 3 aliphatic rings. The van der Waals surface area contributed by atoms with Crippen LogP contribution in [0.1, 0.15) is 240 Å². The quantitative estimate of drug-likeness (QED) is 0.0383. The van der Waals surface area contributed by atoms with Gasteiger partial charge in [0, 0.05) is 19.8 Å². The minimum absolute atomic E-state index is 0.0701. The van der Waals surface area contributed by atoms with Gasteiger partial charge in [0.25, 0.3) is 11.6 Å². The Labute approximate surface area is 583 Å². The molecule has 0 aromatic rings. The van der Waals surface area contributed by atoms with Gasteiger partial charge >= 0.3 is 11.9 Å². The number of carboxylic acids is 2. The average Bonchev–Trinajstić information content (AvgIpc) is 0.746. The molecule has 0 radical (unpaired) electrons. The second kappa shape index (κ2) is 48.6. The Bertz CT molecular complexity index is 2230. The molecule has 22 atom stereocenters. The first-order chi connectivity index (χ1) is 47.2. The third-order valence-electron chi connectivity index (χ3n) is 19.5. The van der Waals surface area contributed by atoms with Gasteiger partial charge < -0.3 is 126 Å². The SMILES string of the molecule is CCCCCCCCCCCCCCCCCCCCCC[C@@H](O)C(=O)N[C@@H](CO[C@@H]1O[C@H](CO[C@]2(C(=O)O)C[C@H](O[C@]3(C(=O)O)C[C@H](O)[C@@H](NC(=O)CO)[C@H]([C@H](O)[C@H](O)CO)O3)[C@@H](NC(C)=O)[C@H]([C@H](O)[C@H](O)CO)O2)[C@@H](O)[C@H](O)[C@H]1O)[C@H](O)[C@H](O)CCCCCCCCCC(C)CC. The van der Waals surface area contributed by atoms with E-state index in [0.717, 1.165) is 84.0 Å². The van der Waals surface area contributed by atoms with Crippen molar-refractivity contribution in [1.82, 2.24) is 16.0 Å². The predicted molar refractivity (Wildman–Crippen MR) is 358 cm³/mol. The number of carbonyl (C=O) groups is 5. The van der Waals surface area contributed by atoms with Crippen LogP contribution in [0.4, 0.5) is 0 Å². The number of carbonyl (C=O) groups excluding carboxylic acids is 3. The lowest BCUT2D eigenvalue weighted by atomic mass is 9.86. The van der Waals surface area contributed by atoms with Crippen molar-refractivity contribution >= 4 is 29.7 Å². The summed E-state index contributed by atoms with van der Waals surface area (Å²) in [7, 11) is 0. The van der Waals surface area contributed by atoms with Gasteiger partial charge in [-0.25, -0.2) is 9.59 Å². The molecule has 1 unspecified atom stereocenters. The van der Waals surface area contributed by atoms with Crippen molar-refractivity contribution in [3.05, 3.63) is 0 Å². The number of nitrogens with one attached hydrogen (secondary N) is 3. The lowest BCUT2D eigenvalue weighted by Gasteiger charge is -2.52. The highest BCUT2D eigenvalue weighted by atomic mass is 16.8. The minimum Gasteiger partial charge on any atom is -0.477 e. The molecule has 0 aromatic heterocycles. The van der Waals surface area contributed by atoms with Gasteiger partial charge in [-0.3, -0.25) is 14.4 Å². The Morgan fingerprint density at radius 2 is 1.00 bits per heavy atom. The summed E-state index contributed by atoms with van der Waals surface area (Å²) in [5, 5.41) is 181. The zero-order valence-electron chi connectivity index (χ0n) is 59.1. The molecule has 30 heteroatoms. The number of hydrogen-bond donors (Lipinski definition) is 19. The maximum Gasteiger partial charge on any atom is 0.364 e. The molecule has 580 valence electrons. The van der Waals surface area contributed by atoms with Crippen LogP contribution in [0.25, 0.3) is 0 Å². The number of aliphatic hydroxyl groups is 14. The fraction of sp³-hybridized carbons (Fsp3) is 0.928. The first-order valence-corrected chi connectivity index (χ1v) is 36.8. The summed E-state index contributed by atoms with van der Waals surface area (Å²) in [6, 6.07) is -5.36. The van der Waals surface area contributed by atoms with Crippen molar-refractivity contribution in [2.45, 2.75) is 367 Å². The summed E-state index contributed by atoms with van der Waals surface area (Å²) >= 11 is 0. The fourth-order valence-electron chi connectivity index (χ4n) is 13.1. The number of ether oxygens (including phenoxy) is 6. The highest BCUT2D eigenvalue weighted by molar-refractivity contribution is 5.81. The third kappa shape index (κ3) is 30.7. The molecule has 3 fully saturated rings. The second-order valence-corrected chi connectivity index (χ2v) is 27.8. The number of unbranched alkanes of at least 4 members (excludes halogenated alkanes) is 25. The van der Waals surface area contributed by atoms with Gasteiger partial charge in [0.1, 0.15) is 79.9 Å². The fourth-order valence-corrected chi connectivity index (χ4v) is 13.1. The smallest absolute Gasteiger partial charge is 0.364 e. The zero-order chi connectivity index (χ0) is 73.7. The number of carboxylic acid groups (broad SMARTS) is 2. The van der Waals surface area contributed by atoms with Crippen molar-refractivity contribution in [2.75, 3.05) is 33.0 Å². The highest BCUT2D eigenvalue weighted by Gasteiger charge is 2.63. The van der Waals surface area contributed by atoms with Crippen LogP contribution in [0, 0.1) is 5.92 Å². The molecule has 19 N–H and O–H groups in total. The number of rotatable bonds is 55. The van der Waals surface area contributed by atoms with E-state index >= 15 is 0 Å². The maximum absolute atomic E-state index is 13.7. The predicted octanol–water partition coefficient (Wildman–Crippen LogP) is 1.46. The Morgan fingerprint density at radius 1 is 0.545 bits per heavy atom. The van der Waals surface area contributed by atoms with Crippen LogP contribution >= 0.6 is 0 Å². The van der Waals surface area contributed by atoms with Crippen LogP contribution in [0.3, 0.4) is 0 Å². The van der Waals surface area contributed by atoms with E-state index in [2.05, 4.69) is 36.7 Å². The second-order valence-electron chi connectivity index (χ2n) is 27.8. The van der Waals surface area contributed by atoms with Crippen molar-refractivity contribution in [3.8, 4) is 0 Å². The van der Waals surface area contributed by atoms with Crippen molar-refractivity contribution in [1.29, 1.82) is 0 Å². The topological polar surface area (TPSA) is 501 Å². The molecule has 3 aliphatic heterocycles. The number of hydrogen-bond acceptors (Lipinski definition) is 25. The van der Waals surface area contributed by atoms with E-state index in [1.165, 1.54) is 96.3 Å². The Hall–Kier alpha value is -3.45. The minimum atomic E-state index is -3.32. The van der Waals surface area contributed by atoms with Gasteiger partial charge in [-0.1, -0.05) is 207 Å². The number of aliphatic carboxylic acids is 2. The van der Waals surface area contributed by atoms with E-state index in [0.29, 0.717) is 18.8 Å². The van der Waals surface area contributed by atoms with Crippen molar-refractivity contribution in [3.63, 3.8) is 0 Å². The molecule has 3 heterocycles. The van der Waals surface area contributed by atoms with Crippen LogP contribution < -0.4 is 16.0 Å². The van der Waals surface area contributed by atoms with Gasteiger partial charge in [-0.15, -0.1) is 0 Å². The van der Waals surface area contributed by atoms with Crippen LogP contribution in [-0.2, 0) is 52.4 Å². The summed E-state index contributed by atoms with van der Waals surface area (Å²) in [5.74, 6) is -13.3. The van der Waals surface area contributed by atoms with Gasteiger partial charge in [0.15, 0.2) is 6.29 Å². The molecule has 0 saturated carbocycles. The van der Waals surface area contributed by atoms with Crippen LogP contribution in [0.2, 0.25) is 0 Å². The molecule has 3 rings (SSSR count). The highest BCUT2D eigenvalue weighted by Crippen LogP contribution is 2.42. The van der Waals surface area contributed by atoms with Gasteiger partial charge in [-0.05, 0) is 18.8 Å². The summed E-state index contributed by atoms with van der Waals surface area (Å²) in [5.41, 5.74) is 0. The number of aliphatic hydroxyl groups excluding tert-OH is 14.